The maximum Gasteiger partial charge on any atom is 0.0733 e. The smallest absolute Gasteiger partial charge is 0.0733 e. The molecule has 0 saturated carbocycles. The summed E-state index contributed by atoms with van der Waals surface area (Å²) >= 11 is 3.29. The van der Waals surface area contributed by atoms with Gasteiger partial charge in [-0.15, -0.1) is 0 Å². The summed E-state index contributed by atoms with van der Waals surface area (Å²) in [6.07, 6.45) is 1.38. The van der Waals surface area contributed by atoms with Crippen molar-refractivity contribution < 1.29 is 5.21 Å². The van der Waals surface area contributed by atoms with Gasteiger partial charge in [-0.2, -0.15) is 0 Å². The molecule has 11 heavy (non-hydrogen) atoms. The Hall–Kier alpha value is -0.870. The Kier molecular flexibility index (Phi) is 4.49. The van der Waals surface area contributed by atoms with Gasteiger partial charge >= 0.3 is 0 Å². The Bertz CT molecular complexity index is 233. The van der Waals surface area contributed by atoms with Crippen molar-refractivity contribution in [3.05, 3.63) is 34.3 Å². The van der Waals surface area contributed by atoms with E-state index in [4.69, 9.17) is 5.21 Å². The number of halogens is 1. The molecule has 0 heterocycles. The van der Waals surface area contributed by atoms with Crippen molar-refractivity contribution in [1.82, 2.24) is 6.15 Å². The number of nitrogens with zero attached hydrogens (tertiary/aromatic N) is 1. The molecule has 0 spiro atoms. The molecule has 1 aromatic rings. The average molecular weight is 217 g/mol. The Morgan fingerprint density at radius 2 is 1.82 bits per heavy atom. The Labute approximate surface area is 73.4 Å². The highest BCUT2D eigenvalue weighted by Crippen LogP contribution is 2.08. The van der Waals surface area contributed by atoms with Crippen LogP contribution >= 0.6 is 15.9 Å². The summed E-state index contributed by atoms with van der Waals surface area (Å²) in [6.45, 7) is 0. The van der Waals surface area contributed by atoms with Gasteiger partial charge < -0.3 is 11.4 Å². The zero-order valence-corrected chi connectivity index (χ0v) is 7.45. The standard InChI is InChI=1S/C7H6BrNO.H3N/c8-7-3-1-6(2-4-7)5-9-10;/h1-5,10H;1H3/b9-5+;. The van der Waals surface area contributed by atoms with Gasteiger partial charge in [-0.25, -0.2) is 0 Å². The zero-order valence-electron chi connectivity index (χ0n) is 5.87. The summed E-state index contributed by atoms with van der Waals surface area (Å²) in [5, 5.41) is 11.0. The minimum atomic E-state index is 0. The molecule has 0 aliphatic carbocycles. The summed E-state index contributed by atoms with van der Waals surface area (Å²) in [5.74, 6) is 0. The fourth-order valence-corrected chi connectivity index (χ4v) is 0.880. The van der Waals surface area contributed by atoms with Gasteiger partial charge in [0.1, 0.15) is 0 Å². The first kappa shape index (κ1) is 10.1. The first-order chi connectivity index (χ1) is 4.83. The third kappa shape index (κ3) is 3.15. The molecule has 0 unspecified atom stereocenters. The van der Waals surface area contributed by atoms with Crippen LogP contribution in [0.5, 0.6) is 0 Å². The van der Waals surface area contributed by atoms with Gasteiger partial charge in [-0.1, -0.05) is 33.2 Å². The summed E-state index contributed by atoms with van der Waals surface area (Å²) in [5.41, 5.74) is 0.880. The van der Waals surface area contributed by atoms with Crippen molar-refractivity contribution in [1.29, 1.82) is 0 Å². The molecule has 0 fully saturated rings. The van der Waals surface area contributed by atoms with Gasteiger partial charge in [0, 0.05) is 4.47 Å². The molecule has 3 nitrogen and oxygen atoms in total. The molecule has 0 amide bonds. The predicted octanol–water partition coefficient (Wildman–Crippen LogP) is 2.42. The lowest BCUT2D eigenvalue weighted by molar-refractivity contribution is 0.322. The molecule has 1 aromatic carbocycles. The van der Waals surface area contributed by atoms with Crippen molar-refractivity contribution in [2.45, 2.75) is 0 Å². The molecule has 0 bridgehead atoms. The lowest BCUT2D eigenvalue weighted by Crippen LogP contribution is -1.77. The largest absolute Gasteiger partial charge is 0.411 e. The first-order valence-corrected chi connectivity index (χ1v) is 3.55. The van der Waals surface area contributed by atoms with Crippen LogP contribution in [0.25, 0.3) is 0 Å². The van der Waals surface area contributed by atoms with Crippen LogP contribution in [-0.2, 0) is 0 Å². The molecule has 0 atom stereocenters. The van der Waals surface area contributed by atoms with Crippen LogP contribution in [0.15, 0.2) is 33.9 Å². The maximum absolute atomic E-state index is 8.15. The Balaban J connectivity index is 0.000001000. The molecule has 60 valence electrons. The van der Waals surface area contributed by atoms with Gasteiger partial charge in [-0.05, 0) is 17.7 Å². The van der Waals surface area contributed by atoms with E-state index >= 15 is 0 Å². The van der Waals surface area contributed by atoms with Gasteiger partial charge in [0.2, 0.25) is 0 Å². The molecular weight excluding hydrogens is 208 g/mol. The molecule has 1 rings (SSSR count). The lowest BCUT2D eigenvalue weighted by Gasteiger charge is -1.89. The molecule has 0 aliphatic heterocycles. The Morgan fingerprint density at radius 3 is 2.27 bits per heavy atom. The molecule has 0 saturated heterocycles. The van der Waals surface area contributed by atoms with Crippen molar-refractivity contribution >= 4 is 22.1 Å². The van der Waals surface area contributed by atoms with Crippen molar-refractivity contribution in [3.63, 3.8) is 0 Å². The molecule has 4 N–H and O–H groups in total. The lowest BCUT2D eigenvalue weighted by atomic mass is 10.2. The second-order valence-corrected chi connectivity index (χ2v) is 2.71. The van der Waals surface area contributed by atoms with E-state index in [1.54, 1.807) is 0 Å². The van der Waals surface area contributed by atoms with Crippen molar-refractivity contribution in [3.8, 4) is 0 Å². The third-order valence-electron chi connectivity index (χ3n) is 1.08. The highest BCUT2D eigenvalue weighted by atomic mass is 79.9. The molecule has 0 aromatic heterocycles. The van der Waals surface area contributed by atoms with Gasteiger partial charge in [0.25, 0.3) is 0 Å². The highest BCUT2D eigenvalue weighted by molar-refractivity contribution is 9.10. The Morgan fingerprint density at radius 1 is 1.27 bits per heavy atom. The SMILES string of the molecule is N.O/N=C/c1ccc(Br)cc1. The van der Waals surface area contributed by atoms with Gasteiger partial charge in [0.05, 0.1) is 6.21 Å². The first-order valence-electron chi connectivity index (χ1n) is 2.76. The van der Waals surface area contributed by atoms with Crippen LogP contribution in [0.2, 0.25) is 0 Å². The summed E-state index contributed by atoms with van der Waals surface area (Å²) in [4.78, 5) is 0. The van der Waals surface area contributed by atoms with Crippen LogP contribution < -0.4 is 6.15 Å². The molecule has 0 radical (unpaired) electrons. The van der Waals surface area contributed by atoms with Crippen LogP contribution in [0.1, 0.15) is 5.56 Å². The van der Waals surface area contributed by atoms with Gasteiger partial charge in [0.15, 0.2) is 0 Å². The highest BCUT2D eigenvalue weighted by Gasteiger charge is 1.86. The number of rotatable bonds is 1. The maximum atomic E-state index is 8.15. The number of hydrogen-bond donors (Lipinski definition) is 2. The average Bonchev–Trinajstić information content (AvgIpc) is 1.95. The quantitative estimate of drug-likeness (QED) is 0.430. The minimum absolute atomic E-state index is 0. The number of hydrogen-bond acceptors (Lipinski definition) is 3. The normalized spacial score (nSPS) is 9.55. The monoisotopic (exact) mass is 216 g/mol. The van der Waals surface area contributed by atoms with Crippen LogP contribution in [0, 0.1) is 0 Å². The third-order valence-corrected chi connectivity index (χ3v) is 1.61. The number of oxime groups is 1. The topological polar surface area (TPSA) is 67.6 Å². The van der Waals surface area contributed by atoms with Crippen molar-refractivity contribution in [2.75, 3.05) is 0 Å². The molecular formula is C7H9BrN2O. The van der Waals surface area contributed by atoms with E-state index in [2.05, 4.69) is 21.1 Å². The van der Waals surface area contributed by atoms with E-state index in [9.17, 15) is 0 Å². The van der Waals surface area contributed by atoms with E-state index < -0.39 is 0 Å². The fraction of sp³-hybridized carbons (Fsp3) is 0. The van der Waals surface area contributed by atoms with E-state index in [0.717, 1.165) is 10.0 Å². The fourth-order valence-electron chi connectivity index (χ4n) is 0.616. The van der Waals surface area contributed by atoms with Crippen molar-refractivity contribution in [2.24, 2.45) is 5.16 Å². The van der Waals surface area contributed by atoms with E-state index in [1.807, 2.05) is 24.3 Å². The van der Waals surface area contributed by atoms with E-state index in [1.165, 1.54) is 6.21 Å². The minimum Gasteiger partial charge on any atom is -0.411 e. The van der Waals surface area contributed by atoms with Crippen LogP contribution in [0.3, 0.4) is 0 Å². The van der Waals surface area contributed by atoms with E-state index in [-0.39, 0.29) is 6.15 Å². The van der Waals surface area contributed by atoms with Crippen LogP contribution in [0.4, 0.5) is 0 Å². The molecule has 0 aliphatic rings. The number of benzene rings is 1. The van der Waals surface area contributed by atoms with E-state index in [0.29, 0.717) is 0 Å². The van der Waals surface area contributed by atoms with Gasteiger partial charge in [-0.3, -0.25) is 0 Å². The predicted molar refractivity (Wildman–Crippen MR) is 48.5 cm³/mol. The zero-order chi connectivity index (χ0) is 7.40. The second kappa shape index (κ2) is 4.87. The summed E-state index contributed by atoms with van der Waals surface area (Å²) in [7, 11) is 0. The summed E-state index contributed by atoms with van der Waals surface area (Å²) < 4.78 is 1.02. The molecule has 4 heteroatoms. The summed E-state index contributed by atoms with van der Waals surface area (Å²) in [6, 6.07) is 7.47. The van der Waals surface area contributed by atoms with Crippen LogP contribution in [-0.4, -0.2) is 11.4 Å². The second-order valence-electron chi connectivity index (χ2n) is 1.80.